The Labute approximate surface area is 83.0 Å². The predicted molar refractivity (Wildman–Crippen MR) is 54.6 cm³/mol. The number of hydrogen-bond donors (Lipinski definition) is 1. The number of rotatable bonds is 0. The number of hydrogen-bond acceptors (Lipinski definition) is 3. The lowest BCUT2D eigenvalue weighted by molar-refractivity contribution is 0.102. The van der Waals surface area contributed by atoms with Crippen LogP contribution >= 0.6 is 27.9 Å². The third-order valence-corrected chi connectivity index (χ3v) is 2.93. The van der Waals surface area contributed by atoms with Gasteiger partial charge in [0.25, 0.3) is 0 Å². The highest BCUT2D eigenvalue weighted by atomic mass is 79.9. The lowest BCUT2D eigenvalue weighted by Crippen LogP contribution is -2.12. The molecule has 2 nitrogen and oxygen atoms in total. The molecule has 0 atom stereocenters. The molecule has 0 fully saturated rings. The number of carbonyl (C=O) groups is 1. The minimum absolute atomic E-state index is 0.190. The van der Waals surface area contributed by atoms with Crippen molar-refractivity contribution in [1.82, 2.24) is 0 Å². The molecular formula is C8H6BrNOS. The van der Waals surface area contributed by atoms with Gasteiger partial charge in [-0.2, -0.15) is 0 Å². The van der Waals surface area contributed by atoms with Gasteiger partial charge in [-0.1, -0.05) is 15.9 Å². The van der Waals surface area contributed by atoms with Gasteiger partial charge < -0.3 is 4.72 Å². The first-order valence-corrected chi connectivity index (χ1v) is 5.26. The van der Waals surface area contributed by atoms with Gasteiger partial charge in [0.05, 0.1) is 11.4 Å². The zero-order chi connectivity index (χ0) is 8.55. The molecule has 0 bridgehead atoms. The van der Waals surface area contributed by atoms with E-state index in [-0.39, 0.29) is 5.78 Å². The van der Waals surface area contributed by atoms with Gasteiger partial charge in [-0.3, -0.25) is 4.79 Å². The summed E-state index contributed by atoms with van der Waals surface area (Å²) in [5.41, 5.74) is 1.70. The molecule has 0 aromatic heterocycles. The maximum Gasteiger partial charge on any atom is 0.176 e. The number of ketones is 1. The number of carbonyl (C=O) groups excluding carboxylic acids is 1. The average Bonchev–Trinajstić information content (AvgIpc) is 2.07. The molecule has 1 heterocycles. The van der Waals surface area contributed by atoms with Crippen molar-refractivity contribution in [3.05, 3.63) is 28.2 Å². The molecule has 0 amide bonds. The van der Waals surface area contributed by atoms with E-state index in [1.807, 2.05) is 18.2 Å². The van der Waals surface area contributed by atoms with Crippen LogP contribution in [0.15, 0.2) is 22.7 Å². The summed E-state index contributed by atoms with van der Waals surface area (Å²) in [6.07, 6.45) is 0. The molecule has 0 saturated heterocycles. The molecule has 1 aromatic rings. The van der Waals surface area contributed by atoms with Gasteiger partial charge in [-0.05, 0) is 30.1 Å². The molecule has 0 spiro atoms. The van der Waals surface area contributed by atoms with E-state index in [1.165, 1.54) is 11.9 Å². The minimum Gasteiger partial charge on any atom is -0.329 e. The molecule has 2 rings (SSSR count). The topological polar surface area (TPSA) is 29.1 Å². The van der Waals surface area contributed by atoms with Crippen LogP contribution in [-0.4, -0.2) is 11.5 Å². The summed E-state index contributed by atoms with van der Waals surface area (Å²) in [4.78, 5) is 11.4. The first-order chi connectivity index (χ1) is 5.77. The first-order valence-electron chi connectivity index (χ1n) is 3.48. The van der Waals surface area contributed by atoms with Gasteiger partial charge in [-0.15, -0.1) is 0 Å². The van der Waals surface area contributed by atoms with Gasteiger partial charge in [0, 0.05) is 10.0 Å². The van der Waals surface area contributed by atoms with Crippen molar-refractivity contribution in [2.75, 3.05) is 10.5 Å². The molecule has 1 aliphatic rings. The standard InChI is InChI=1S/C8H6BrNOS/c9-5-1-2-7-6(3-5)8(11)4-12-10-7/h1-3,10H,4H2. The summed E-state index contributed by atoms with van der Waals surface area (Å²) in [5, 5.41) is 0. The zero-order valence-corrected chi connectivity index (χ0v) is 8.54. The molecular weight excluding hydrogens is 238 g/mol. The Morgan fingerprint density at radius 2 is 2.33 bits per heavy atom. The van der Waals surface area contributed by atoms with E-state index >= 15 is 0 Å². The molecule has 1 aromatic carbocycles. The molecule has 4 heteroatoms. The molecule has 0 aliphatic carbocycles. The Morgan fingerprint density at radius 1 is 1.50 bits per heavy atom. The first kappa shape index (κ1) is 8.13. The number of Topliss-reactive ketones (excluding diaryl/α,β-unsaturated/α-hetero) is 1. The van der Waals surface area contributed by atoms with Gasteiger partial charge in [0.1, 0.15) is 0 Å². The molecule has 62 valence electrons. The lowest BCUT2D eigenvalue weighted by Gasteiger charge is -2.15. The summed E-state index contributed by atoms with van der Waals surface area (Å²) >= 11 is 4.77. The second-order valence-electron chi connectivity index (χ2n) is 2.50. The number of anilines is 1. The van der Waals surface area contributed by atoms with E-state index in [0.717, 1.165) is 15.7 Å². The number of benzene rings is 1. The van der Waals surface area contributed by atoms with Gasteiger partial charge >= 0.3 is 0 Å². The summed E-state index contributed by atoms with van der Waals surface area (Å²) in [5.74, 6) is 0.707. The average molecular weight is 244 g/mol. The minimum atomic E-state index is 0.190. The third-order valence-electron chi connectivity index (χ3n) is 1.67. The molecule has 0 unspecified atom stereocenters. The maximum absolute atomic E-state index is 11.4. The van der Waals surface area contributed by atoms with E-state index in [4.69, 9.17) is 0 Å². The largest absolute Gasteiger partial charge is 0.329 e. The monoisotopic (exact) mass is 243 g/mol. The van der Waals surface area contributed by atoms with Crippen molar-refractivity contribution < 1.29 is 4.79 Å². The van der Waals surface area contributed by atoms with Gasteiger partial charge in [0.2, 0.25) is 0 Å². The Balaban J connectivity index is 2.54. The predicted octanol–water partition coefficient (Wildman–Crippen LogP) is 2.71. The van der Waals surface area contributed by atoms with Crippen LogP contribution in [0.3, 0.4) is 0 Å². The fourth-order valence-corrected chi connectivity index (χ4v) is 2.15. The van der Waals surface area contributed by atoms with Gasteiger partial charge in [0.15, 0.2) is 5.78 Å². The van der Waals surface area contributed by atoms with E-state index in [2.05, 4.69) is 20.7 Å². The highest BCUT2D eigenvalue weighted by Crippen LogP contribution is 2.28. The van der Waals surface area contributed by atoms with Crippen LogP contribution in [0, 0.1) is 0 Å². The van der Waals surface area contributed by atoms with Crippen LogP contribution < -0.4 is 4.72 Å². The second-order valence-corrected chi connectivity index (χ2v) is 4.20. The Morgan fingerprint density at radius 3 is 3.17 bits per heavy atom. The van der Waals surface area contributed by atoms with E-state index in [1.54, 1.807) is 0 Å². The summed E-state index contributed by atoms with van der Waals surface area (Å²) in [6.45, 7) is 0. The van der Waals surface area contributed by atoms with Crippen LogP contribution in [0.25, 0.3) is 0 Å². The quantitative estimate of drug-likeness (QED) is 0.711. The molecule has 0 radical (unpaired) electrons. The summed E-state index contributed by atoms with van der Waals surface area (Å²) in [6, 6.07) is 5.68. The Hall–Kier alpha value is -0.480. The zero-order valence-electron chi connectivity index (χ0n) is 6.13. The van der Waals surface area contributed by atoms with Gasteiger partial charge in [-0.25, -0.2) is 0 Å². The highest BCUT2D eigenvalue weighted by Gasteiger charge is 2.16. The van der Waals surface area contributed by atoms with E-state index in [9.17, 15) is 4.79 Å². The van der Waals surface area contributed by atoms with Crippen LogP contribution in [0.2, 0.25) is 0 Å². The lowest BCUT2D eigenvalue weighted by atomic mass is 10.1. The molecule has 1 aliphatic heterocycles. The van der Waals surface area contributed by atoms with Crippen molar-refractivity contribution in [2.45, 2.75) is 0 Å². The van der Waals surface area contributed by atoms with Crippen molar-refractivity contribution in [3.8, 4) is 0 Å². The Bertz CT molecular complexity index is 340. The fourth-order valence-electron chi connectivity index (χ4n) is 1.09. The normalized spacial score (nSPS) is 15.2. The maximum atomic E-state index is 11.4. The smallest absolute Gasteiger partial charge is 0.176 e. The Kier molecular flexibility index (Phi) is 2.11. The molecule has 1 N–H and O–H groups in total. The van der Waals surface area contributed by atoms with Crippen molar-refractivity contribution in [2.24, 2.45) is 0 Å². The van der Waals surface area contributed by atoms with Crippen molar-refractivity contribution >= 4 is 39.3 Å². The third kappa shape index (κ3) is 1.36. The summed E-state index contributed by atoms with van der Waals surface area (Å²) < 4.78 is 4.04. The van der Waals surface area contributed by atoms with E-state index < -0.39 is 0 Å². The van der Waals surface area contributed by atoms with Crippen molar-refractivity contribution in [3.63, 3.8) is 0 Å². The van der Waals surface area contributed by atoms with Crippen molar-refractivity contribution in [1.29, 1.82) is 0 Å². The number of halogens is 1. The molecule has 0 saturated carbocycles. The molecule has 12 heavy (non-hydrogen) atoms. The second kappa shape index (κ2) is 3.11. The SMILES string of the molecule is O=C1CSNc2ccc(Br)cc21. The summed E-state index contributed by atoms with van der Waals surface area (Å²) in [7, 11) is 0. The number of fused-ring (bicyclic) bond motifs is 1. The van der Waals surface area contributed by atoms with Crippen LogP contribution in [-0.2, 0) is 0 Å². The fraction of sp³-hybridized carbons (Fsp3) is 0.125. The van der Waals surface area contributed by atoms with Crippen LogP contribution in [0.1, 0.15) is 10.4 Å². The van der Waals surface area contributed by atoms with E-state index in [0.29, 0.717) is 5.75 Å². The number of nitrogens with one attached hydrogen (secondary N) is 1. The highest BCUT2D eigenvalue weighted by molar-refractivity contribution is 9.10. The van der Waals surface area contributed by atoms with Crippen LogP contribution in [0.5, 0.6) is 0 Å². The van der Waals surface area contributed by atoms with Crippen LogP contribution in [0.4, 0.5) is 5.69 Å².